The highest BCUT2D eigenvalue weighted by Gasteiger charge is 2.67. The van der Waals surface area contributed by atoms with Crippen molar-refractivity contribution in [2.75, 3.05) is 20.6 Å². The number of phenolic OH excluding ortho intramolecular Hbond substituents is 1. The van der Waals surface area contributed by atoms with Crippen LogP contribution in [0.2, 0.25) is 0 Å². The molecule has 1 aliphatic rings. The maximum atomic E-state index is 13.9. The number of hydrogen-bond donors (Lipinski definition) is 2. The Kier molecular flexibility index (Phi) is 7.12. The summed E-state index contributed by atoms with van der Waals surface area (Å²) in [5, 5.41) is 12.3. The Morgan fingerprint density at radius 2 is 1.84 bits per heavy atom. The molecule has 0 saturated heterocycles. The van der Waals surface area contributed by atoms with Crippen molar-refractivity contribution in [2.24, 2.45) is 5.41 Å². The van der Waals surface area contributed by atoms with E-state index in [1.807, 2.05) is 31.1 Å². The summed E-state index contributed by atoms with van der Waals surface area (Å²) in [7, 11) is 3.78. The quantitative estimate of drug-likeness (QED) is 0.602. The molecule has 1 saturated carbocycles. The fraction of sp³-hybridized carbons (Fsp3) is 0.500. The molecular weight excluding hydrogens is 419 g/mol. The van der Waals surface area contributed by atoms with Gasteiger partial charge in [0, 0.05) is 36.8 Å². The van der Waals surface area contributed by atoms with Crippen molar-refractivity contribution in [1.82, 2.24) is 15.2 Å². The molecule has 2 atom stereocenters. The molecule has 1 amide bonds. The number of carbonyl (C=O) groups is 1. The number of aromatic hydroxyl groups is 1. The first-order chi connectivity index (χ1) is 15.0. The fourth-order valence-electron chi connectivity index (χ4n) is 4.11. The summed E-state index contributed by atoms with van der Waals surface area (Å²) in [5.41, 5.74) is 0.313. The number of alkyl halides is 3. The number of amides is 1. The number of nitrogens with one attached hydrogen (secondary N) is 1. The number of carbonyl (C=O) groups excluding carboxylic acids is 1. The third-order valence-electron chi connectivity index (χ3n) is 6.42. The molecule has 1 fully saturated rings. The number of aromatic nitrogens is 1. The first-order valence-corrected chi connectivity index (χ1v) is 10.7. The van der Waals surface area contributed by atoms with Gasteiger partial charge in [0.25, 0.3) is 0 Å². The van der Waals surface area contributed by atoms with Gasteiger partial charge >= 0.3 is 6.18 Å². The van der Waals surface area contributed by atoms with Gasteiger partial charge in [-0.05, 0) is 69.6 Å². The summed E-state index contributed by atoms with van der Waals surface area (Å²) < 4.78 is 41.6. The van der Waals surface area contributed by atoms with Gasteiger partial charge < -0.3 is 15.3 Å². The number of phenols is 1. The van der Waals surface area contributed by atoms with E-state index in [2.05, 4.69) is 10.3 Å². The Balaban J connectivity index is 1.69. The molecule has 8 heteroatoms. The van der Waals surface area contributed by atoms with E-state index in [0.29, 0.717) is 18.5 Å². The van der Waals surface area contributed by atoms with E-state index in [1.165, 1.54) is 6.20 Å². The van der Waals surface area contributed by atoms with Crippen molar-refractivity contribution < 1.29 is 23.1 Å². The number of benzene rings is 1. The van der Waals surface area contributed by atoms with E-state index in [1.54, 1.807) is 31.2 Å². The summed E-state index contributed by atoms with van der Waals surface area (Å²) in [6.45, 7) is 2.09. The van der Waals surface area contributed by atoms with Crippen molar-refractivity contribution >= 4 is 5.91 Å². The topological polar surface area (TPSA) is 65.5 Å². The van der Waals surface area contributed by atoms with E-state index in [-0.39, 0.29) is 31.1 Å². The van der Waals surface area contributed by atoms with Gasteiger partial charge in [-0.2, -0.15) is 13.2 Å². The van der Waals surface area contributed by atoms with Crippen LogP contribution in [0.4, 0.5) is 13.2 Å². The summed E-state index contributed by atoms with van der Waals surface area (Å²) in [6, 6.07) is 10.1. The summed E-state index contributed by atoms with van der Waals surface area (Å²) in [6.07, 6.45) is -2.44. The Hall–Kier alpha value is -2.61. The molecule has 174 valence electrons. The number of likely N-dealkylation sites (N-methyl/N-ethyl adjacent to an activating group) is 1. The third kappa shape index (κ3) is 5.59. The fourth-order valence-corrected chi connectivity index (χ4v) is 4.11. The molecule has 0 radical (unpaired) electrons. The van der Waals surface area contributed by atoms with E-state index in [4.69, 9.17) is 0 Å². The highest BCUT2D eigenvalue weighted by Crippen LogP contribution is 2.66. The van der Waals surface area contributed by atoms with Gasteiger partial charge in [-0.1, -0.05) is 18.2 Å². The van der Waals surface area contributed by atoms with Gasteiger partial charge in [0.15, 0.2) is 0 Å². The first-order valence-electron chi connectivity index (χ1n) is 10.7. The van der Waals surface area contributed by atoms with Gasteiger partial charge in [0.1, 0.15) is 5.75 Å². The number of pyridine rings is 1. The van der Waals surface area contributed by atoms with Crippen LogP contribution >= 0.6 is 0 Å². The number of rotatable bonds is 9. The average Bonchev–Trinajstić information content (AvgIpc) is 3.53. The molecular formula is C24H30F3N3O2. The zero-order chi connectivity index (χ0) is 23.5. The Morgan fingerprint density at radius 1 is 1.19 bits per heavy atom. The third-order valence-corrected chi connectivity index (χ3v) is 6.42. The summed E-state index contributed by atoms with van der Waals surface area (Å²) in [4.78, 5) is 18.9. The number of halogens is 3. The van der Waals surface area contributed by atoms with Crippen LogP contribution in [0.1, 0.15) is 42.0 Å². The van der Waals surface area contributed by atoms with E-state index in [9.17, 15) is 23.1 Å². The monoisotopic (exact) mass is 449 g/mol. The lowest BCUT2D eigenvalue weighted by atomic mass is 9.80. The van der Waals surface area contributed by atoms with Crippen LogP contribution in [0.15, 0.2) is 42.6 Å². The molecule has 0 bridgehead atoms. The molecule has 5 nitrogen and oxygen atoms in total. The van der Waals surface area contributed by atoms with E-state index in [0.717, 1.165) is 11.3 Å². The van der Waals surface area contributed by atoms with E-state index < -0.39 is 23.4 Å². The zero-order valence-electron chi connectivity index (χ0n) is 18.6. The predicted octanol–water partition coefficient (Wildman–Crippen LogP) is 4.20. The Bertz CT molecular complexity index is 908. The van der Waals surface area contributed by atoms with Gasteiger partial charge in [-0.3, -0.25) is 9.78 Å². The molecule has 0 unspecified atom stereocenters. The van der Waals surface area contributed by atoms with Crippen molar-refractivity contribution in [2.45, 2.75) is 50.7 Å². The minimum atomic E-state index is -4.37. The molecule has 1 aromatic carbocycles. The van der Waals surface area contributed by atoms with Crippen molar-refractivity contribution in [3.8, 4) is 5.75 Å². The maximum Gasteiger partial charge on any atom is 0.395 e. The largest absolute Gasteiger partial charge is 0.508 e. The van der Waals surface area contributed by atoms with E-state index >= 15 is 0 Å². The molecule has 32 heavy (non-hydrogen) atoms. The molecule has 0 spiro atoms. The van der Waals surface area contributed by atoms with Crippen LogP contribution in [0.25, 0.3) is 0 Å². The highest BCUT2D eigenvalue weighted by molar-refractivity contribution is 5.77. The normalized spacial score (nSPS) is 17.1. The SMILES string of the molecule is Cc1ccc([C@@H](CC(=O)NC[C@H](Cc2ccc(O)cc2)N(C)C)C2(C(F)(F)F)CC2)cn1. The Morgan fingerprint density at radius 3 is 2.34 bits per heavy atom. The second kappa shape index (κ2) is 9.48. The smallest absolute Gasteiger partial charge is 0.395 e. The zero-order valence-corrected chi connectivity index (χ0v) is 18.6. The standard InChI is InChI=1S/C24H30F3N3O2/c1-16-4-7-18(14-28-16)21(23(10-11-23)24(25,26)27)13-22(32)29-15-19(30(2)3)12-17-5-8-20(31)9-6-17/h4-9,14,19,21,31H,10-13,15H2,1-3H3,(H,29,32)/t19-,21+/m0/s1. The minimum Gasteiger partial charge on any atom is -0.508 e. The number of hydrogen-bond acceptors (Lipinski definition) is 4. The second-order valence-electron chi connectivity index (χ2n) is 8.94. The molecule has 1 aromatic heterocycles. The van der Waals surface area contributed by atoms with Crippen LogP contribution < -0.4 is 5.32 Å². The molecule has 2 aromatic rings. The second-order valence-corrected chi connectivity index (χ2v) is 8.94. The average molecular weight is 450 g/mol. The maximum absolute atomic E-state index is 13.9. The van der Waals surface area contributed by atoms with Crippen LogP contribution in [-0.4, -0.2) is 53.8 Å². The van der Waals surface area contributed by atoms with Crippen LogP contribution in [0, 0.1) is 12.3 Å². The molecule has 1 aliphatic carbocycles. The first kappa shape index (κ1) is 24.0. The number of aryl methyl sites for hydroxylation is 1. The van der Waals surface area contributed by atoms with Gasteiger partial charge in [0.05, 0.1) is 5.41 Å². The molecule has 0 aliphatic heterocycles. The minimum absolute atomic E-state index is 0.0312. The van der Waals surface area contributed by atoms with Crippen molar-refractivity contribution in [3.05, 3.63) is 59.4 Å². The molecule has 1 heterocycles. The van der Waals surface area contributed by atoms with Gasteiger partial charge in [0.2, 0.25) is 5.91 Å². The van der Waals surface area contributed by atoms with Crippen molar-refractivity contribution in [1.29, 1.82) is 0 Å². The van der Waals surface area contributed by atoms with Crippen molar-refractivity contribution in [3.63, 3.8) is 0 Å². The van der Waals surface area contributed by atoms with Crippen LogP contribution in [0.3, 0.4) is 0 Å². The highest BCUT2D eigenvalue weighted by atomic mass is 19.4. The molecule has 3 rings (SSSR count). The Labute approximate surface area is 186 Å². The molecule has 2 N–H and O–H groups in total. The van der Waals surface area contributed by atoms with Crippen LogP contribution in [-0.2, 0) is 11.2 Å². The summed E-state index contributed by atoms with van der Waals surface area (Å²) >= 11 is 0. The predicted molar refractivity (Wildman–Crippen MR) is 116 cm³/mol. The van der Waals surface area contributed by atoms with Crippen LogP contribution in [0.5, 0.6) is 5.75 Å². The summed E-state index contributed by atoms with van der Waals surface area (Å²) in [5.74, 6) is -1.17. The van der Waals surface area contributed by atoms with Gasteiger partial charge in [-0.25, -0.2) is 0 Å². The lowest BCUT2D eigenvalue weighted by molar-refractivity contribution is -0.194. The lowest BCUT2D eigenvalue weighted by Crippen LogP contribution is -2.42. The lowest BCUT2D eigenvalue weighted by Gasteiger charge is -2.30. The number of nitrogens with zero attached hydrogens (tertiary/aromatic N) is 2. The van der Waals surface area contributed by atoms with Gasteiger partial charge in [-0.15, -0.1) is 0 Å².